The number of carbonyl (C=O) groups excluding carboxylic acids is 1. The van der Waals surface area contributed by atoms with Crippen molar-refractivity contribution in [1.29, 1.82) is 0 Å². The molecule has 2 aromatic rings. The highest BCUT2D eigenvalue weighted by Crippen LogP contribution is 2.23. The van der Waals surface area contributed by atoms with Crippen molar-refractivity contribution >= 4 is 21.8 Å². The van der Waals surface area contributed by atoms with E-state index in [1.54, 1.807) is 12.1 Å². The van der Waals surface area contributed by atoms with E-state index in [0.29, 0.717) is 17.9 Å². The van der Waals surface area contributed by atoms with Gasteiger partial charge in [0.25, 0.3) is 5.91 Å². The molecule has 2 aromatic carbocycles. The maximum absolute atomic E-state index is 11.8. The Hall–Kier alpha value is -1.85. The van der Waals surface area contributed by atoms with Gasteiger partial charge in [0.2, 0.25) is 0 Å². The van der Waals surface area contributed by atoms with Crippen molar-refractivity contribution in [2.75, 3.05) is 13.2 Å². The molecule has 2 N–H and O–H groups in total. The van der Waals surface area contributed by atoms with Gasteiger partial charge in [-0.25, -0.2) is 0 Å². The molecular weight excluding hydrogens is 358 g/mol. The Labute approximate surface area is 144 Å². The average Bonchev–Trinajstić information content (AvgIpc) is 2.58. The van der Waals surface area contributed by atoms with Gasteiger partial charge in [0.15, 0.2) is 6.61 Å². The van der Waals surface area contributed by atoms with Gasteiger partial charge in [0.1, 0.15) is 5.75 Å². The van der Waals surface area contributed by atoms with E-state index in [4.69, 9.17) is 4.74 Å². The molecular formula is C18H20BrNO3. The fourth-order valence-electron chi connectivity index (χ4n) is 2.17. The molecule has 2 rings (SSSR count). The van der Waals surface area contributed by atoms with E-state index in [1.165, 1.54) is 5.56 Å². The zero-order chi connectivity index (χ0) is 16.5. The normalized spacial score (nSPS) is 10.3. The van der Waals surface area contributed by atoms with Crippen LogP contribution in [0.4, 0.5) is 0 Å². The van der Waals surface area contributed by atoms with E-state index < -0.39 is 0 Å². The van der Waals surface area contributed by atoms with Gasteiger partial charge in [-0.1, -0.05) is 46.3 Å². The number of halogens is 1. The number of hydrogen-bond donors (Lipinski definition) is 2. The minimum Gasteiger partial charge on any atom is -0.483 e. The van der Waals surface area contributed by atoms with Crippen LogP contribution in [0.2, 0.25) is 0 Å². The van der Waals surface area contributed by atoms with E-state index in [-0.39, 0.29) is 19.1 Å². The fraction of sp³-hybridized carbons (Fsp3) is 0.278. The number of aliphatic hydroxyl groups is 1. The Morgan fingerprint density at radius 3 is 2.70 bits per heavy atom. The monoisotopic (exact) mass is 377 g/mol. The summed E-state index contributed by atoms with van der Waals surface area (Å²) in [4.78, 5) is 11.8. The number of ether oxygens (including phenoxy) is 1. The average molecular weight is 378 g/mol. The van der Waals surface area contributed by atoms with Crippen LogP contribution in [0, 0.1) is 0 Å². The molecule has 0 heterocycles. The predicted molar refractivity (Wildman–Crippen MR) is 93.3 cm³/mol. The molecule has 0 fully saturated rings. The minimum atomic E-state index is -0.162. The van der Waals surface area contributed by atoms with Gasteiger partial charge in [-0.05, 0) is 36.6 Å². The summed E-state index contributed by atoms with van der Waals surface area (Å²) >= 11 is 3.33. The molecule has 0 aromatic heterocycles. The summed E-state index contributed by atoms with van der Waals surface area (Å²) in [6.07, 6.45) is 1.82. The predicted octanol–water partition coefficient (Wildman–Crippen LogP) is 3.07. The van der Waals surface area contributed by atoms with Gasteiger partial charge < -0.3 is 15.2 Å². The zero-order valence-corrected chi connectivity index (χ0v) is 14.4. The Balaban J connectivity index is 1.69. The minimum absolute atomic E-state index is 0.0556. The fourth-order valence-corrected chi connectivity index (χ4v) is 2.58. The first-order valence-electron chi connectivity index (χ1n) is 7.52. The summed E-state index contributed by atoms with van der Waals surface area (Å²) < 4.78 is 6.33. The summed E-state index contributed by atoms with van der Waals surface area (Å²) in [5.74, 6) is 0.361. The van der Waals surface area contributed by atoms with Crippen LogP contribution in [-0.4, -0.2) is 24.2 Å². The van der Waals surface area contributed by atoms with Gasteiger partial charge in [0.05, 0.1) is 6.61 Å². The molecule has 0 saturated heterocycles. The summed E-state index contributed by atoms with van der Waals surface area (Å²) in [6.45, 7) is 0.428. The van der Waals surface area contributed by atoms with E-state index in [1.807, 2.05) is 24.3 Å². The molecule has 4 nitrogen and oxygen atoms in total. The van der Waals surface area contributed by atoms with Crippen LogP contribution in [0.25, 0.3) is 0 Å². The molecule has 5 heteroatoms. The van der Waals surface area contributed by atoms with E-state index in [2.05, 4.69) is 33.4 Å². The third-order valence-corrected chi connectivity index (χ3v) is 3.85. The number of rotatable bonds is 8. The summed E-state index contributed by atoms with van der Waals surface area (Å²) in [5.41, 5.74) is 1.91. The summed E-state index contributed by atoms with van der Waals surface area (Å²) in [5, 5.41) is 12.1. The highest BCUT2D eigenvalue weighted by Gasteiger charge is 2.07. The lowest BCUT2D eigenvalue weighted by molar-refractivity contribution is -0.123. The van der Waals surface area contributed by atoms with Crippen molar-refractivity contribution in [3.05, 3.63) is 64.1 Å². The second-order valence-electron chi connectivity index (χ2n) is 5.14. The zero-order valence-electron chi connectivity index (χ0n) is 12.8. The maximum Gasteiger partial charge on any atom is 0.257 e. The molecule has 0 bridgehead atoms. The molecule has 0 aliphatic heterocycles. The van der Waals surface area contributed by atoms with Gasteiger partial charge >= 0.3 is 0 Å². The number of amides is 1. The SMILES string of the molecule is O=C(COc1ccc(Br)cc1CO)NCCCc1ccccc1. The Kier molecular flexibility index (Phi) is 7.10. The topological polar surface area (TPSA) is 58.6 Å². The van der Waals surface area contributed by atoms with Gasteiger partial charge in [-0.2, -0.15) is 0 Å². The van der Waals surface area contributed by atoms with Crippen LogP contribution in [0.3, 0.4) is 0 Å². The molecule has 122 valence electrons. The molecule has 0 saturated carbocycles. The number of benzene rings is 2. The van der Waals surface area contributed by atoms with Crippen LogP contribution in [0.1, 0.15) is 17.5 Å². The Morgan fingerprint density at radius 2 is 1.96 bits per heavy atom. The molecule has 1 amide bonds. The smallest absolute Gasteiger partial charge is 0.257 e. The second kappa shape index (κ2) is 9.33. The van der Waals surface area contributed by atoms with Crippen LogP contribution in [-0.2, 0) is 17.8 Å². The maximum atomic E-state index is 11.8. The molecule has 23 heavy (non-hydrogen) atoms. The van der Waals surface area contributed by atoms with Crippen LogP contribution in [0.15, 0.2) is 53.0 Å². The Morgan fingerprint density at radius 1 is 1.17 bits per heavy atom. The lowest BCUT2D eigenvalue weighted by Gasteiger charge is -2.11. The quantitative estimate of drug-likeness (QED) is 0.695. The third-order valence-electron chi connectivity index (χ3n) is 3.36. The van der Waals surface area contributed by atoms with Crippen LogP contribution in [0.5, 0.6) is 5.75 Å². The standard InChI is InChI=1S/C18H20BrNO3/c19-16-8-9-17(15(11-16)12-21)23-13-18(22)20-10-4-7-14-5-2-1-3-6-14/h1-3,5-6,8-9,11,21H,4,7,10,12-13H2,(H,20,22). The third kappa shape index (κ3) is 6.04. The van der Waals surface area contributed by atoms with Gasteiger partial charge in [0, 0.05) is 16.6 Å². The first-order chi connectivity index (χ1) is 11.2. The van der Waals surface area contributed by atoms with Gasteiger partial charge in [-0.3, -0.25) is 4.79 Å². The largest absolute Gasteiger partial charge is 0.483 e. The van der Waals surface area contributed by atoms with Crippen molar-refractivity contribution < 1.29 is 14.6 Å². The lowest BCUT2D eigenvalue weighted by Crippen LogP contribution is -2.30. The van der Waals surface area contributed by atoms with Crippen molar-refractivity contribution in [3.8, 4) is 5.75 Å². The highest BCUT2D eigenvalue weighted by atomic mass is 79.9. The van der Waals surface area contributed by atoms with E-state index in [9.17, 15) is 9.90 Å². The number of aliphatic hydroxyl groups excluding tert-OH is 1. The number of carbonyl (C=O) groups is 1. The summed E-state index contributed by atoms with van der Waals surface area (Å²) in [7, 11) is 0. The summed E-state index contributed by atoms with van der Waals surface area (Å²) in [6, 6.07) is 15.5. The number of nitrogens with one attached hydrogen (secondary N) is 1. The van der Waals surface area contributed by atoms with Crippen molar-refractivity contribution in [2.24, 2.45) is 0 Å². The molecule has 0 radical (unpaired) electrons. The van der Waals surface area contributed by atoms with Crippen molar-refractivity contribution in [1.82, 2.24) is 5.32 Å². The van der Waals surface area contributed by atoms with E-state index >= 15 is 0 Å². The first kappa shape index (κ1) is 17.5. The van der Waals surface area contributed by atoms with Crippen molar-refractivity contribution in [3.63, 3.8) is 0 Å². The molecule has 0 atom stereocenters. The second-order valence-corrected chi connectivity index (χ2v) is 6.05. The Bertz CT molecular complexity index is 631. The molecule has 0 unspecified atom stereocenters. The number of aryl methyl sites for hydroxylation is 1. The molecule has 0 aliphatic carbocycles. The lowest BCUT2D eigenvalue weighted by atomic mass is 10.1. The number of hydrogen-bond acceptors (Lipinski definition) is 3. The first-order valence-corrected chi connectivity index (χ1v) is 8.31. The van der Waals surface area contributed by atoms with Crippen LogP contribution < -0.4 is 10.1 Å². The van der Waals surface area contributed by atoms with Gasteiger partial charge in [-0.15, -0.1) is 0 Å². The van der Waals surface area contributed by atoms with E-state index in [0.717, 1.165) is 17.3 Å². The molecule has 0 spiro atoms. The highest BCUT2D eigenvalue weighted by molar-refractivity contribution is 9.10. The van der Waals surface area contributed by atoms with Crippen LogP contribution >= 0.6 is 15.9 Å². The van der Waals surface area contributed by atoms with Crippen molar-refractivity contribution in [2.45, 2.75) is 19.4 Å². The molecule has 0 aliphatic rings.